The molecule has 0 fully saturated rings. The van der Waals surface area contributed by atoms with Crippen LogP contribution in [0.2, 0.25) is 0 Å². The van der Waals surface area contributed by atoms with Crippen molar-refractivity contribution in [3.05, 3.63) is 35.9 Å². The van der Waals surface area contributed by atoms with Crippen LogP contribution in [0.25, 0.3) is 0 Å². The van der Waals surface area contributed by atoms with Gasteiger partial charge in [-0.2, -0.15) is 0 Å². The molecule has 2 heteroatoms. The summed E-state index contributed by atoms with van der Waals surface area (Å²) in [5, 5.41) is 0. The topological polar surface area (TPSA) is 21.6 Å². The number of nitrogens with zero attached hydrogens (tertiary/aromatic N) is 1. The molecular weight excluding hydrogens is 198 g/mol. The van der Waals surface area contributed by atoms with Gasteiger partial charge in [-0.25, -0.2) is 4.99 Å². The fraction of sp³-hybridized carbons (Fsp3) is 0.500. The summed E-state index contributed by atoms with van der Waals surface area (Å²) in [6.45, 7) is 4.93. The molecule has 0 aliphatic carbocycles. The van der Waals surface area contributed by atoms with Crippen molar-refractivity contribution in [2.24, 2.45) is 4.99 Å². The maximum Gasteiger partial charge on any atom is 0.180 e. The summed E-state index contributed by atoms with van der Waals surface area (Å²) in [4.78, 5) is 4.50. The highest BCUT2D eigenvalue weighted by Gasteiger charge is 2.20. The van der Waals surface area contributed by atoms with Crippen LogP contribution in [-0.4, -0.2) is 18.5 Å². The molecule has 2 nitrogen and oxygen atoms in total. The van der Waals surface area contributed by atoms with Gasteiger partial charge in [-0.05, 0) is 24.3 Å². The monoisotopic (exact) mass is 217 g/mol. The predicted molar refractivity (Wildman–Crippen MR) is 66.9 cm³/mol. The summed E-state index contributed by atoms with van der Waals surface area (Å²) in [6, 6.07) is 11.1. The lowest BCUT2D eigenvalue weighted by Gasteiger charge is -2.17. The van der Waals surface area contributed by atoms with Crippen LogP contribution in [0.5, 0.6) is 0 Å². The van der Waals surface area contributed by atoms with E-state index < -0.39 is 0 Å². The fourth-order valence-electron chi connectivity index (χ4n) is 2.26. The molecule has 0 radical (unpaired) electrons. The zero-order valence-corrected chi connectivity index (χ0v) is 10.0. The molecule has 1 aliphatic heterocycles. The molecule has 86 valence electrons. The molecule has 1 aromatic carbocycles. The third kappa shape index (κ3) is 2.63. The van der Waals surface area contributed by atoms with E-state index in [4.69, 9.17) is 4.74 Å². The van der Waals surface area contributed by atoms with Crippen molar-refractivity contribution < 1.29 is 4.74 Å². The average Bonchev–Trinajstić information content (AvgIpc) is 2.73. The standard InChI is InChI=1S/C14H19NO/c1-3-12(13-7-5-4-6-8-13)9-14-10-16-11(2)15-14/h4-8,12,14H,3,9-10H2,1-2H3. The lowest BCUT2D eigenvalue weighted by atomic mass is 9.90. The van der Waals surface area contributed by atoms with Crippen molar-refractivity contribution >= 4 is 5.90 Å². The number of rotatable bonds is 4. The zero-order chi connectivity index (χ0) is 11.4. The van der Waals surface area contributed by atoms with Gasteiger partial charge in [-0.15, -0.1) is 0 Å². The van der Waals surface area contributed by atoms with Crippen molar-refractivity contribution in [1.82, 2.24) is 0 Å². The van der Waals surface area contributed by atoms with E-state index in [0.717, 1.165) is 25.3 Å². The van der Waals surface area contributed by atoms with E-state index in [2.05, 4.69) is 42.2 Å². The summed E-state index contributed by atoms with van der Waals surface area (Å²) in [7, 11) is 0. The first-order valence-electron chi connectivity index (χ1n) is 6.01. The highest BCUT2D eigenvalue weighted by Crippen LogP contribution is 2.26. The van der Waals surface area contributed by atoms with Crippen molar-refractivity contribution in [1.29, 1.82) is 0 Å². The summed E-state index contributed by atoms with van der Waals surface area (Å²) >= 11 is 0. The molecule has 1 heterocycles. The van der Waals surface area contributed by atoms with E-state index in [1.807, 2.05) is 6.92 Å². The first-order chi connectivity index (χ1) is 7.79. The average molecular weight is 217 g/mol. The van der Waals surface area contributed by atoms with Crippen molar-refractivity contribution in [2.45, 2.75) is 38.6 Å². The smallest absolute Gasteiger partial charge is 0.180 e. The van der Waals surface area contributed by atoms with E-state index in [9.17, 15) is 0 Å². The van der Waals surface area contributed by atoms with Crippen LogP contribution >= 0.6 is 0 Å². The van der Waals surface area contributed by atoms with E-state index in [-0.39, 0.29) is 0 Å². The minimum atomic E-state index is 0.352. The first-order valence-corrected chi connectivity index (χ1v) is 6.01. The maximum absolute atomic E-state index is 5.40. The lowest BCUT2D eigenvalue weighted by Crippen LogP contribution is -2.11. The fourth-order valence-corrected chi connectivity index (χ4v) is 2.26. The molecular formula is C14H19NO. The van der Waals surface area contributed by atoms with Gasteiger partial charge in [-0.3, -0.25) is 0 Å². The molecule has 1 aliphatic rings. The minimum absolute atomic E-state index is 0.352. The van der Waals surface area contributed by atoms with Crippen molar-refractivity contribution in [3.8, 4) is 0 Å². The minimum Gasteiger partial charge on any atom is -0.479 e. The summed E-state index contributed by atoms with van der Waals surface area (Å²) in [5.41, 5.74) is 1.42. The van der Waals surface area contributed by atoms with Gasteiger partial charge in [-0.1, -0.05) is 37.3 Å². The van der Waals surface area contributed by atoms with Crippen LogP contribution in [-0.2, 0) is 4.74 Å². The Morgan fingerprint density at radius 2 is 2.12 bits per heavy atom. The molecule has 0 aromatic heterocycles. The van der Waals surface area contributed by atoms with Crippen LogP contribution in [0.15, 0.2) is 35.3 Å². The van der Waals surface area contributed by atoms with E-state index in [1.54, 1.807) is 0 Å². The van der Waals surface area contributed by atoms with Gasteiger partial charge in [0.15, 0.2) is 5.90 Å². The second-order valence-corrected chi connectivity index (χ2v) is 4.36. The summed E-state index contributed by atoms with van der Waals surface area (Å²) < 4.78 is 5.40. The largest absolute Gasteiger partial charge is 0.479 e. The van der Waals surface area contributed by atoms with Gasteiger partial charge in [0.2, 0.25) is 0 Å². The van der Waals surface area contributed by atoms with Crippen LogP contribution in [0.3, 0.4) is 0 Å². The number of hydrogen-bond acceptors (Lipinski definition) is 2. The first kappa shape index (κ1) is 11.2. The van der Waals surface area contributed by atoms with Gasteiger partial charge in [0.05, 0.1) is 6.04 Å². The second kappa shape index (κ2) is 5.15. The van der Waals surface area contributed by atoms with Crippen LogP contribution in [0, 0.1) is 0 Å². The molecule has 0 saturated heterocycles. The Balaban J connectivity index is 2.01. The number of hydrogen-bond donors (Lipinski definition) is 0. The van der Waals surface area contributed by atoms with Crippen LogP contribution in [0.1, 0.15) is 38.2 Å². The number of benzene rings is 1. The molecule has 2 rings (SSSR count). The molecule has 0 saturated carbocycles. The highest BCUT2D eigenvalue weighted by molar-refractivity contribution is 5.74. The van der Waals surface area contributed by atoms with E-state index >= 15 is 0 Å². The number of ether oxygens (including phenoxy) is 1. The third-order valence-electron chi connectivity index (χ3n) is 3.17. The quantitative estimate of drug-likeness (QED) is 0.757. The lowest BCUT2D eigenvalue weighted by molar-refractivity contribution is 0.302. The molecule has 16 heavy (non-hydrogen) atoms. The van der Waals surface area contributed by atoms with Gasteiger partial charge in [0.1, 0.15) is 6.61 Å². The van der Waals surface area contributed by atoms with Gasteiger partial charge in [0.25, 0.3) is 0 Å². The van der Waals surface area contributed by atoms with Crippen molar-refractivity contribution in [3.63, 3.8) is 0 Å². The molecule has 0 N–H and O–H groups in total. The Morgan fingerprint density at radius 1 is 1.38 bits per heavy atom. The molecule has 1 aromatic rings. The van der Waals surface area contributed by atoms with Crippen molar-refractivity contribution in [2.75, 3.05) is 6.61 Å². The predicted octanol–water partition coefficient (Wildman–Crippen LogP) is 3.39. The van der Waals surface area contributed by atoms with E-state index in [1.165, 1.54) is 5.56 Å². The van der Waals surface area contributed by atoms with Gasteiger partial charge >= 0.3 is 0 Å². The Labute approximate surface area is 97.4 Å². The normalized spacial score (nSPS) is 21.4. The maximum atomic E-state index is 5.40. The molecule has 0 amide bonds. The van der Waals surface area contributed by atoms with E-state index in [0.29, 0.717) is 12.0 Å². The molecule has 2 atom stereocenters. The van der Waals surface area contributed by atoms with Crippen LogP contribution < -0.4 is 0 Å². The zero-order valence-electron chi connectivity index (χ0n) is 10.0. The van der Waals surface area contributed by atoms with Crippen LogP contribution in [0.4, 0.5) is 0 Å². The van der Waals surface area contributed by atoms with Gasteiger partial charge < -0.3 is 4.74 Å². The molecule has 2 unspecified atom stereocenters. The van der Waals surface area contributed by atoms with Gasteiger partial charge in [0, 0.05) is 6.92 Å². The molecule has 0 bridgehead atoms. The Hall–Kier alpha value is -1.31. The third-order valence-corrected chi connectivity index (χ3v) is 3.17. The Kier molecular flexibility index (Phi) is 3.60. The Bertz CT molecular complexity index is 358. The Morgan fingerprint density at radius 3 is 2.69 bits per heavy atom. The SMILES string of the molecule is CCC(CC1COC(C)=N1)c1ccccc1. The second-order valence-electron chi connectivity index (χ2n) is 4.36. The summed E-state index contributed by atoms with van der Waals surface area (Å²) in [6.07, 6.45) is 2.26. The number of aliphatic imine (C=N–C) groups is 1. The highest BCUT2D eigenvalue weighted by atomic mass is 16.5. The molecule has 0 spiro atoms. The summed E-state index contributed by atoms with van der Waals surface area (Å²) in [5.74, 6) is 1.44.